The van der Waals surface area contributed by atoms with Gasteiger partial charge in [-0.05, 0) is 37.3 Å². The third kappa shape index (κ3) is 3.50. The minimum Gasteiger partial charge on any atom is -0.488 e. The maximum Gasteiger partial charge on any atom is 0.163 e. The number of hydrogen-bond acceptors (Lipinski definition) is 2. The quantitative estimate of drug-likeness (QED) is 0.749. The Hall–Kier alpha value is -1.58. The summed E-state index contributed by atoms with van der Waals surface area (Å²) in [6.07, 6.45) is 0. The van der Waals surface area contributed by atoms with E-state index >= 15 is 0 Å². The predicted octanol–water partition coefficient (Wildman–Crippen LogP) is 4.91. The molecule has 2 aromatic carbocycles. The fraction of sp³-hybridized carbons (Fsp3) is 0.133. The van der Waals surface area contributed by atoms with Gasteiger partial charge in [0.15, 0.2) is 5.78 Å². The summed E-state index contributed by atoms with van der Waals surface area (Å²) >= 11 is 11.9. The summed E-state index contributed by atoms with van der Waals surface area (Å²) in [5, 5.41) is 1.02. The van der Waals surface area contributed by atoms with Crippen LogP contribution in [-0.4, -0.2) is 5.78 Å². The Morgan fingerprint density at radius 1 is 1.20 bits per heavy atom. The second-order valence-electron chi connectivity index (χ2n) is 4.22. The standard InChI is InChI=1S/C15H11Cl2FO2/c1-9(19)13-4-3-12(18)7-15(13)20-8-10-6-11(16)2-5-14(10)17/h2-7H,8H2,1H3. The first-order valence-electron chi connectivity index (χ1n) is 5.84. The van der Waals surface area contributed by atoms with Gasteiger partial charge in [0.05, 0.1) is 5.56 Å². The number of halogens is 3. The fourth-order valence-electron chi connectivity index (χ4n) is 1.72. The van der Waals surface area contributed by atoms with Crippen molar-refractivity contribution in [3.05, 3.63) is 63.4 Å². The lowest BCUT2D eigenvalue weighted by molar-refractivity contribution is 0.101. The van der Waals surface area contributed by atoms with Gasteiger partial charge in [0.1, 0.15) is 18.2 Å². The average molecular weight is 313 g/mol. The van der Waals surface area contributed by atoms with Crippen molar-refractivity contribution < 1.29 is 13.9 Å². The third-order valence-corrected chi connectivity index (χ3v) is 3.32. The molecule has 0 aromatic heterocycles. The smallest absolute Gasteiger partial charge is 0.163 e. The minimum absolute atomic E-state index is 0.100. The number of ketones is 1. The highest BCUT2D eigenvalue weighted by molar-refractivity contribution is 6.33. The number of carbonyl (C=O) groups is 1. The summed E-state index contributed by atoms with van der Waals surface area (Å²) in [6.45, 7) is 1.50. The van der Waals surface area contributed by atoms with Crippen LogP contribution in [0.1, 0.15) is 22.8 Å². The van der Waals surface area contributed by atoms with Crippen LogP contribution in [0.25, 0.3) is 0 Å². The van der Waals surface area contributed by atoms with Crippen molar-refractivity contribution in [3.8, 4) is 5.75 Å². The zero-order chi connectivity index (χ0) is 14.7. The van der Waals surface area contributed by atoms with Gasteiger partial charge in [-0.25, -0.2) is 4.39 Å². The van der Waals surface area contributed by atoms with Crippen molar-refractivity contribution in [3.63, 3.8) is 0 Å². The van der Waals surface area contributed by atoms with E-state index < -0.39 is 5.82 Å². The van der Waals surface area contributed by atoms with Gasteiger partial charge >= 0.3 is 0 Å². The van der Waals surface area contributed by atoms with Crippen LogP contribution in [0.5, 0.6) is 5.75 Å². The second-order valence-corrected chi connectivity index (χ2v) is 5.06. The number of carbonyl (C=O) groups excluding carboxylic acids is 1. The average Bonchev–Trinajstić information content (AvgIpc) is 2.39. The molecule has 2 rings (SSSR count). The van der Waals surface area contributed by atoms with Crippen LogP contribution in [0.2, 0.25) is 10.0 Å². The van der Waals surface area contributed by atoms with Gasteiger partial charge in [0, 0.05) is 21.7 Å². The molecule has 0 unspecified atom stereocenters. The van der Waals surface area contributed by atoms with E-state index in [0.29, 0.717) is 21.2 Å². The zero-order valence-corrected chi connectivity index (χ0v) is 12.1. The first-order valence-corrected chi connectivity index (χ1v) is 6.60. The van der Waals surface area contributed by atoms with E-state index in [1.54, 1.807) is 18.2 Å². The monoisotopic (exact) mass is 312 g/mol. The minimum atomic E-state index is -0.470. The molecule has 2 nitrogen and oxygen atoms in total. The molecule has 0 aliphatic carbocycles. The van der Waals surface area contributed by atoms with Gasteiger partial charge in [-0.1, -0.05) is 23.2 Å². The Kier molecular flexibility index (Phi) is 4.63. The molecule has 0 atom stereocenters. The van der Waals surface area contributed by atoms with Gasteiger partial charge in [0.25, 0.3) is 0 Å². The lowest BCUT2D eigenvalue weighted by Gasteiger charge is -2.11. The molecule has 0 aliphatic rings. The maximum atomic E-state index is 13.2. The van der Waals surface area contributed by atoms with E-state index in [0.717, 1.165) is 0 Å². The van der Waals surface area contributed by atoms with Crippen molar-refractivity contribution in [2.45, 2.75) is 13.5 Å². The first kappa shape index (κ1) is 14.8. The molecule has 0 heterocycles. The largest absolute Gasteiger partial charge is 0.488 e. The third-order valence-electron chi connectivity index (χ3n) is 2.71. The summed E-state index contributed by atoms with van der Waals surface area (Å²) in [4.78, 5) is 11.5. The van der Waals surface area contributed by atoms with E-state index in [4.69, 9.17) is 27.9 Å². The molecule has 0 radical (unpaired) electrons. The van der Waals surface area contributed by atoms with Crippen molar-refractivity contribution in [2.75, 3.05) is 0 Å². The summed E-state index contributed by atoms with van der Waals surface area (Å²) in [6, 6.07) is 8.77. The van der Waals surface area contributed by atoms with Crippen LogP contribution in [0.3, 0.4) is 0 Å². The fourth-order valence-corrected chi connectivity index (χ4v) is 2.08. The summed E-state index contributed by atoms with van der Waals surface area (Å²) in [7, 11) is 0. The van der Waals surface area contributed by atoms with Crippen LogP contribution in [0, 0.1) is 5.82 Å². The molecule has 2 aromatic rings. The highest BCUT2D eigenvalue weighted by Gasteiger charge is 2.11. The predicted molar refractivity (Wildman–Crippen MR) is 77.2 cm³/mol. The molecule has 0 fully saturated rings. The van der Waals surface area contributed by atoms with E-state index in [1.165, 1.54) is 25.1 Å². The lowest BCUT2D eigenvalue weighted by atomic mass is 10.1. The molecular weight excluding hydrogens is 302 g/mol. The SMILES string of the molecule is CC(=O)c1ccc(F)cc1OCc1cc(Cl)ccc1Cl. The molecule has 0 saturated carbocycles. The van der Waals surface area contributed by atoms with Crippen LogP contribution in [0.4, 0.5) is 4.39 Å². The van der Waals surface area contributed by atoms with Crippen LogP contribution >= 0.6 is 23.2 Å². The van der Waals surface area contributed by atoms with Gasteiger partial charge in [-0.2, -0.15) is 0 Å². The van der Waals surface area contributed by atoms with Gasteiger partial charge in [-0.3, -0.25) is 4.79 Å². The maximum absolute atomic E-state index is 13.2. The van der Waals surface area contributed by atoms with Gasteiger partial charge in [-0.15, -0.1) is 0 Å². The molecule has 0 N–H and O–H groups in total. The number of Topliss-reactive ketones (excluding diaryl/α,β-unsaturated/α-hetero) is 1. The number of hydrogen-bond donors (Lipinski definition) is 0. The number of ether oxygens (including phenoxy) is 1. The Morgan fingerprint density at radius 3 is 2.65 bits per heavy atom. The van der Waals surface area contributed by atoms with Crippen molar-refractivity contribution in [2.24, 2.45) is 0 Å². The normalized spacial score (nSPS) is 10.4. The van der Waals surface area contributed by atoms with Gasteiger partial charge in [0.2, 0.25) is 0 Å². The highest BCUT2D eigenvalue weighted by Crippen LogP contribution is 2.25. The second kappa shape index (κ2) is 6.25. The molecule has 104 valence electrons. The van der Waals surface area contributed by atoms with E-state index in [9.17, 15) is 9.18 Å². The Labute approximate surface area is 126 Å². The Bertz CT molecular complexity index is 656. The Balaban J connectivity index is 2.24. The van der Waals surface area contributed by atoms with Crippen molar-refractivity contribution in [1.29, 1.82) is 0 Å². The number of benzene rings is 2. The first-order chi connectivity index (χ1) is 9.47. The molecule has 5 heteroatoms. The summed E-state index contributed by atoms with van der Waals surface area (Å²) in [5.74, 6) is -0.479. The van der Waals surface area contributed by atoms with E-state index in [-0.39, 0.29) is 18.1 Å². The van der Waals surface area contributed by atoms with Crippen LogP contribution in [0.15, 0.2) is 36.4 Å². The van der Waals surface area contributed by atoms with Crippen molar-refractivity contribution >= 4 is 29.0 Å². The molecule has 0 amide bonds. The van der Waals surface area contributed by atoms with Crippen molar-refractivity contribution in [1.82, 2.24) is 0 Å². The summed E-state index contributed by atoms with van der Waals surface area (Å²) < 4.78 is 18.7. The van der Waals surface area contributed by atoms with Gasteiger partial charge < -0.3 is 4.74 Å². The highest BCUT2D eigenvalue weighted by atomic mass is 35.5. The molecule has 0 spiro atoms. The molecule has 20 heavy (non-hydrogen) atoms. The molecule has 0 saturated heterocycles. The zero-order valence-electron chi connectivity index (χ0n) is 10.6. The van der Waals surface area contributed by atoms with Crippen LogP contribution < -0.4 is 4.74 Å². The molecule has 0 bridgehead atoms. The molecular formula is C15H11Cl2FO2. The topological polar surface area (TPSA) is 26.3 Å². The summed E-state index contributed by atoms with van der Waals surface area (Å²) in [5.41, 5.74) is 0.988. The van der Waals surface area contributed by atoms with E-state index in [2.05, 4.69) is 0 Å². The van der Waals surface area contributed by atoms with E-state index in [1.807, 2.05) is 0 Å². The Morgan fingerprint density at radius 2 is 1.95 bits per heavy atom. The molecule has 0 aliphatic heterocycles. The lowest BCUT2D eigenvalue weighted by Crippen LogP contribution is -2.02. The van der Waals surface area contributed by atoms with Crippen LogP contribution in [-0.2, 0) is 6.61 Å². The number of rotatable bonds is 4.